The van der Waals surface area contributed by atoms with Gasteiger partial charge in [-0.1, -0.05) is 19.8 Å². The van der Waals surface area contributed by atoms with Gasteiger partial charge in [-0.3, -0.25) is 4.79 Å². The molecule has 0 saturated heterocycles. The average Bonchev–Trinajstić information content (AvgIpc) is 2.66. The maximum atomic E-state index is 11.5. The monoisotopic (exact) mass is 180 g/mol. The molecule has 1 aliphatic carbocycles. The predicted octanol–water partition coefficient (Wildman–Crippen LogP) is 1.59. The largest absolute Gasteiger partial charge is 0.340 e. The Kier molecular flexibility index (Phi) is 3.75. The van der Waals surface area contributed by atoms with E-state index < -0.39 is 0 Å². The van der Waals surface area contributed by atoms with Gasteiger partial charge in [0.1, 0.15) is 6.04 Å². The van der Waals surface area contributed by atoms with E-state index in [-0.39, 0.29) is 17.9 Å². The van der Waals surface area contributed by atoms with Crippen LogP contribution in [-0.2, 0) is 4.79 Å². The van der Waals surface area contributed by atoms with E-state index in [4.69, 9.17) is 5.26 Å². The van der Waals surface area contributed by atoms with Crippen molar-refractivity contribution in [2.45, 2.75) is 45.1 Å². The van der Waals surface area contributed by atoms with Crippen molar-refractivity contribution in [2.75, 3.05) is 0 Å². The highest BCUT2D eigenvalue weighted by Crippen LogP contribution is 2.24. The lowest BCUT2D eigenvalue weighted by atomic mass is 10.1. The third-order valence-electron chi connectivity index (χ3n) is 2.61. The van der Waals surface area contributed by atoms with E-state index in [0.29, 0.717) is 6.42 Å². The number of hydrogen-bond acceptors (Lipinski definition) is 2. The standard InChI is InChI=1S/C10H16N2O/c1-2-9(7-11)12-10(13)8-5-3-4-6-8/h8-9H,2-6H2,1H3,(H,12,13)/t9-/m1/s1. The summed E-state index contributed by atoms with van der Waals surface area (Å²) in [5.74, 6) is 0.244. The van der Waals surface area contributed by atoms with Gasteiger partial charge < -0.3 is 5.32 Å². The van der Waals surface area contributed by atoms with E-state index in [1.54, 1.807) is 0 Å². The molecule has 0 aromatic carbocycles. The fourth-order valence-electron chi connectivity index (χ4n) is 1.70. The van der Waals surface area contributed by atoms with Gasteiger partial charge in [-0.2, -0.15) is 5.26 Å². The molecule has 1 N–H and O–H groups in total. The number of nitrogens with zero attached hydrogens (tertiary/aromatic N) is 1. The minimum Gasteiger partial charge on any atom is -0.340 e. The lowest BCUT2D eigenvalue weighted by Gasteiger charge is -2.12. The average molecular weight is 180 g/mol. The summed E-state index contributed by atoms with van der Waals surface area (Å²) in [5.41, 5.74) is 0. The smallest absolute Gasteiger partial charge is 0.224 e. The van der Waals surface area contributed by atoms with Gasteiger partial charge in [-0.15, -0.1) is 0 Å². The fraction of sp³-hybridized carbons (Fsp3) is 0.800. The van der Waals surface area contributed by atoms with Gasteiger partial charge in [0, 0.05) is 5.92 Å². The van der Waals surface area contributed by atoms with Gasteiger partial charge in [0.05, 0.1) is 6.07 Å². The molecule has 3 nitrogen and oxygen atoms in total. The van der Waals surface area contributed by atoms with Crippen molar-refractivity contribution in [3.63, 3.8) is 0 Å². The SMILES string of the molecule is CC[C@H](C#N)NC(=O)C1CCCC1. The molecule has 1 fully saturated rings. The Morgan fingerprint density at radius 2 is 2.23 bits per heavy atom. The van der Waals surface area contributed by atoms with Crippen LogP contribution in [0.4, 0.5) is 0 Å². The molecule has 72 valence electrons. The summed E-state index contributed by atoms with van der Waals surface area (Å²) in [4.78, 5) is 11.5. The number of rotatable bonds is 3. The summed E-state index contributed by atoms with van der Waals surface area (Å²) >= 11 is 0. The molecule has 0 aliphatic heterocycles. The third kappa shape index (κ3) is 2.73. The van der Waals surface area contributed by atoms with Crippen molar-refractivity contribution in [3.05, 3.63) is 0 Å². The number of carbonyl (C=O) groups excluding carboxylic acids is 1. The molecule has 0 unspecified atom stereocenters. The van der Waals surface area contributed by atoms with Crippen molar-refractivity contribution in [1.82, 2.24) is 5.32 Å². The van der Waals surface area contributed by atoms with Gasteiger partial charge >= 0.3 is 0 Å². The van der Waals surface area contributed by atoms with Gasteiger partial charge in [-0.05, 0) is 19.3 Å². The number of amides is 1. The quantitative estimate of drug-likeness (QED) is 0.717. The van der Waals surface area contributed by atoms with Crippen LogP contribution < -0.4 is 5.32 Å². The second kappa shape index (κ2) is 4.86. The van der Waals surface area contributed by atoms with Crippen LogP contribution in [0, 0.1) is 17.2 Å². The van der Waals surface area contributed by atoms with Crippen LogP contribution in [0.15, 0.2) is 0 Å². The summed E-state index contributed by atoms with van der Waals surface area (Å²) < 4.78 is 0. The van der Waals surface area contributed by atoms with Crippen LogP contribution in [0.25, 0.3) is 0 Å². The van der Waals surface area contributed by atoms with Gasteiger partial charge in [0.25, 0.3) is 0 Å². The van der Waals surface area contributed by atoms with Crippen molar-refractivity contribution >= 4 is 5.91 Å². The highest BCUT2D eigenvalue weighted by atomic mass is 16.1. The molecule has 1 atom stereocenters. The highest BCUT2D eigenvalue weighted by molar-refractivity contribution is 5.79. The highest BCUT2D eigenvalue weighted by Gasteiger charge is 2.23. The first-order valence-corrected chi connectivity index (χ1v) is 4.98. The second-order valence-electron chi connectivity index (χ2n) is 3.58. The van der Waals surface area contributed by atoms with E-state index in [1.165, 1.54) is 0 Å². The van der Waals surface area contributed by atoms with E-state index >= 15 is 0 Å². The van der Waals surface area contributed by atoms with Crippen LogP contribution in [0.5, 0.6) is 0 Å². The summed E-state index contributed by atoms with van der Waals surface area (Å²) in [6.45, 7) is 1.91. The molecule has 0 bridgehead atoms. The van der Waals surface area contributed by atoms with E-state index in [0.717, 1.165) is 25.7 Å². The maximum absolute atomic E-state index is 11.5. The number of nitriles is 1. The normalized spacial score (nSPS) is 19.4. The zero-order chi connectivity index (χ0) is 9.68. The van der Waals surface area contributed by atoms with Gasteiger partial charge in [0.2, 0.25) is 5.91 Å². The summed E-state index contributed by atoms with van der Waals surface area (Å²) in [5, 5.41) is 11.4. The Morgan fingerprint density at radius 1 is 1.62 bits per heavy atom. The predicted molar refractivity (Wildman–Crippen MR) is 49.8 cm³/mol. The number of nitrogens with one attached hydrogen (secondary N) is 1. The first kappa shape index (κ1) is 10.0. The summed E-state index contributed by atoms with van der Waals surface area (Å²) in [6.07, 6.45) is 4.99. The Bertz CT molecular complexity index is 213. The van der Waals surface area contributed by atoms with Gasteiger partial charge in [0.15, 0.2) is 0 Å². The zero-order valence-corrected chi connectivity index (χ0v) is 8.05. The van der Waals surface area contributed by atoms with E-state index in [2.05, 4.69) is 11.4 Å². The first-order valence-electron chi connectivity index (χ1n) is 4.98. The topological polar surface area (TPSA) is 52.9 Å². The van der Waals surface area contributed by atoms with Crippen LogP contribution >= 0.6 is 0 Å². The summed E-state index contributed by atoms with van der Waals surface area (Å²) in [6, 6.07) is 1.78. The molecule has 1 aliphatic rings. The van der Waals surface area contributed by atoms with Crippen molar-refractivity contribution in [2.24, 2.45) is 5.92 Å². The van der Waals surface area contributed by atoms with E-state index in [1.807, 2.05) is 6.92 Å². The lowest BCUT2D eigenvalue weighted by Crippen LogP contribution is -2.36. The molecule has 13 heavy (non-hydrogen) atoms. The molecule has 0 spiro atoms. The first-order chi connectivity index (χ1) is 6.27. The number of hydrogen-bond donors (Lipinski definition) is 1. The Balaban J connectivity index is 2.35. The van der Waals surface area contributed by atoms with Gasteiger partial charge in [-0.25, -0.2) is 0 Å². The Labute approximate surface area is 79.1 Å². The van der Waals surface area contributed by atoms with Crippen LogP contribution in [-0.4, -0.2) is 11.9 Å². The molecule has 3 heteroatoms. The van der Waals surface area contributed by atoms with Crippen molar-refractivity contribution in [1.29, 1.82) is 5.26 Å². The molecular formula is C10H16N2O. The fourth-order valence-corrected chi connectivity index (χ4v) is 1.70. The lowest BCUT2D eigenvalue weighted by molar-refractivity contribution is -0.125. The van der Waals surface area contributed by atoms with Crippen molar-refractivity contribution in [3.8, 4) is 6.07 Å². The molecule has 1 amide bonds. The Hall–Kier alpha value is -1.04. The molecular weight excluding hydrogens is 164 g/mol. The Morgan fingerprint density at radius 3 is 2.69 bits per heavy atom. The van der Waals surface area contributed by atoms with Crippen molar-refractivity contribution < 1.29 is 4.79 Å². The minimum atomic E-state index is -0.298. The number of carbonyl (C=O) groups is 1. The zero-order valence-electron chi connectivity index (χ0n) is 8.05. The molecule has 0 radical (unpaired) electrons. The molecule has 0 aromatic heterocycles. The molecule has 1 rings (SSSR count). The maximum Gasteiger partial charge on any atom is 0.224 e. The van der Waals surface area contributed by atoms with E-state index in [9.17, 15) is 4.79 Å². The van der Waals surface area contributed by atoms with Crippen LogP contribution in [0.2, 0.25) is 0 Å². The van der Waals surface area contributed by atoms with Crippen LogP contribution in [0.1, 0.15) is 39.0 Å². The van der Waals surface area contributed by atoms with Crippen LogP contribution in [0.3, 0.4) is 0 Å². The molecule has 1 saturated carbocycles. The second-order valence-corrected chi connectivity index (χ2v) is 3.58. The molecule has 0 aromatic rings. The molecule has 0 heterocycles. The summed E-state index contributed by atoms with van der Waals surface area (Å²) in [7, 11) is 0. The third-order valence-corrected chi connectivity index (χ3v) is 2.61. The minimum absolute atomic E-state index is 0.0749.